The van der Waals surface area contributed by atoms with E-state index in [4.69, 9.17) is 0 Å². The SMILES string of the molecule is CC(C)c1nc2c(s1)CNCC2CO. The van der Waals surface area contributed by atoms with Crippen LogP contribution in [-0.4, -0.2) is 23.2 Å². The molecule has 78 valence electrons. The van der Waals surface area contributed by atoms with Crippen LogP contribution in [0.4, 0.5) is 0 Å². The number of aliphatic hydroxyl groups is 1. The highest BCUT2D eigenvalue weighted by molar-refractivity contribution is 7.11. The molecule has 0 amide bonds. The summed E-state index contributed by atoms with van der Waals surface area (Å²) in [6.45, 7) is 6.28. The Balaban J connectivity index is 2.33. The Kier molecular flexibility index (Phi) is 2.85. The van der Waals surface area contributed by atoms with Gasteiger partial charge in [-0.05, 0) is 0 Å². The van der Waals surface area contributed by atoms with Gasteiger partial charge in [0.05, 0.1) is 17.3 Å². The van der Waals surface area contributed by atoms with E-state index in [1.807, 2.05) is 0 Å². The van der Waals surface area contributed by atoms with Gasteiger partial charge in [0.25, 0.3) is 0 Å². The third-order valence-corrected chi connectivity index (χ3v) is 3.89. The van der Waals surface area contributed by atoms with Gasteiger partial charge in [0, 0.05) is 29.8 Å². The summed E-state index contributed by atoms with van der Waals surface area (Å²) >= 11 is 1.78. The molecule has 2 N–H and O–H groups in total. The van der Waals surface area contributed by atoms with Crippen LogP contribution in [0.3, 0.4) is 0 Å². The third kappa shape index (κ3) is 1.69. The van der Waals surface area contributed by atoms with Crippen LogP contribution < -0.4 is 5.32 Å². The number of fused-ring (bicyclic) bond motifs is 1. The monoisotopic (exact) mass is 212 g/mol. The summed E-state index contributed by atoms with van der Waals surface area (Å²) in [7, 11) is 0. The normalized spacial score (nSPS) is 21.3. The van der Waals surface area contributed by atoms with Gasteiger partial charge in [0.1, 0.15) is 0 Å². The summed E-state index contributed by atoms with van der Waals surface area (Å²) in [5.41, 5.74) is 1.12. The van der Waals surface area contributed by atoms with E-state index in [9.17, 15) is 5.11 Å². The molecule has 1 atom stereocenters. The zero-order valence-electron chi connectivity index (χ0n) is 8.58. The molecule has 1 aromatic rings. The zero-order valence-corrected chi connectivity index (χ0v) is 9.40. The number of hydrogen-bond acceptors (Lipinski definition) is 4. The molecule has 2 rings (SSSR count). The Bertz CT molecular complexity index is 322. The topological polar surface area (TPSA) is 45.2 Å². The molecule has 3 nitrogen and oxygen atoms in total. The lowest BCUT2D eigenvalue weighted by molar-refractivity contribution is 0.254. The van der Waals surface area contributed by atoms with E-state index in [1.54, 1.807) is 11.3 Å². The fourth-order valence-corrected chi connectivity index (χ4v) is 2.81. The van der Waals surface area contributed by atoms with Crippen molar-refractivity contribution in [1.29, 1.82) is 0 Å². The van der Waals surface area contributed by atoms with E-state index >= 15 is 0 Å². The van der Waals surface area contributed by atoms with Crippen LogP contribution in [0.15, 0.2) is 0 Å². The molecule has 1 unspecified atom stereocenters. The Hall–Kier alpha value is -0.450. The molecule has 0 radical (unpaired) electrons. The smallest absolute Gasteiger partial charge is 0.0957 e. The number of rotatable bonds is 2. The number of aliphatic hydroxyl groups excluding tert-OH is 1. The van der Waals surface area contributed by atoms with E-state index in [0.717, 1.165) is 18.8 Å². The number of nitrogens with zero attached hydrogens (tertiary/aromatic N) is 1. The Labute approximate surface area is 88.2 Å². The number of nitrogens with one attached hydrogen (secondary N) is 1. The summed E-state index contributed by atoms with van der Waals surface area (Å²) < 4.78 is 0. The Morgan fingerprint density at radius 3 is 3.07 bits per heavy atom. The van der Waals surface area contributed by atoms with Crippen LogP contribution in [0.1, 0.15) is 41.3 Å². The second-order valence-corrected chi connectivity index (χ2v) is 5.14. The van der Waals surface area contributed by atoms with Gasteiger partial charge in [0.2, 0.25) is 0 Å². The van der Waals surface area contributed by atoms with Crippen molar-refractivity contribution in [2.24, 2.45) is 0 Å². The molecule has 2 heterocycles. The molecule has 4 heteroatoms. The molecule has 0 bridgehead atoms. The minimum atomic E-state index is 0.196. The van der Waals surface area contributed by atoms with E-state index in [1.165, 1.54) is 9.88 Å². The van der Waals surface area contributed by atoms with Crippen LogP contribution in [0.2, 0.25) is 0 Å². The predicted octanol–water partition coefficient (Wildman–Crippen LogP) is 1.45. The molecule has 0 spiro atoms. The van der Waals surface area contributed by atoms with E-state index in [0.29, 0.717) is 5.92 Å². The van der Waals surface area contributed by atoms with Gasteiger partial charge < -0.3 is 10.4 Å². The Morgan fingerprint density at radius 2 is 2.43 bits per heavy atom. The van der Waals surface area contributed by atoms with Crippen molar-refractivity contribution in [1.82, 2.24) is 10.3 Å². The first-order chi connectivity index (χ1) is 6.72. The summed E-state index contributed by atoms with van der Waals surface area (Å²) in [5.74, 6) is 0.687. The van der Waals surface area contributed by atoms with Gasteiger partial charge in [0.15, 0.2) is 0 Å². The van der Waals surface area contributed by atoms with Crippen molar-refractivity contribution in [3.63, 3.8) is 0 Å². The van der Waals surface area contributed by atoms with Crippen LogP contribution >= 0.6 is 11.3 Å². The summed E-state index contributed by atoms with van der Waals surface area (Å²) in [6, 6.07) is 0. The average molecular weight is 212 g/mol. The van der Waals surface area contributed by atoms with Crippen molar-refractivity contribution >= 4 is 11.3 Å². The summed E-state index contributed by atoms with van der Waals surface area (Å²) in [6.07, 6.45) is 0. The second kappa shape index (κ2) is 3.96. The van der Waals surface area contributed by atoms with Gasteiger partial charge in [-0.3, -0.25) is 0 Å². The third-order valence-electron chi connectivity index (χ3n) is 2.52. The molecule has 1 aromatic heterocycles. The lowest BCUT2D eigenvalue weighted by atomic mass is 10.0. The molecule has 1 aliphatic rings. The highest BCUT2D eigenvalue weighted by Gasteiger charge is 2.24. The first-order valence-electron chi connectivity index (χ1n) is 5.03. The second-order valence-electron chi connectivity index (χ2n) is 4.03. The Morgan fingerprint density at radius 1 is 1.64 bits per heavy atom. The van der Waals surface area contributed by atoms with Gasteiger partial charge in [-0.2, -0.15) is 0 Å². The fraction of sp³-hybridized carbons (Fsp3) is 0.700. The van der Waals surface area contributed by atoms with Crippen molar-refractivity contribution in [2.45, 2.75) is 32.2 Å². The molecule has 1 aliphatic heterocycles. The van der Waals surface area contributed by atoms with Crippen LogP contribution in [0, 0.1) is 0 Å². The van der Waals surface area contributed by atoms with E-state index in [2.05, 4.69) is 24.1 Å². The summed E-state index contributed by atoms with van der Waals surface area (Å²) in [5, 5.41) is 13.7. The highest BCUT2D eigenvalue weighted by Crippen LogP contribution is 2.31. The number of aromatic nitrogens is 1. The minimum Gasteiger partial charge on any atom is -0.396 e. The van der Waals surface area contributed by atoms with E-state index < -0.39 is 0 Å². The van der Waals surface area contributed by atoms with Gasteiger partial charge in [-0.1, -0.05) is 13.8 Å². The van der Waals surface area contributed by atoms with Crippen LogP contribution in [0.5, 0.6) is 0 Å². The standard InChI is InChI=1S/C10H16N2OS/c1-6(2)10-12-9-7(5-13)3-11-4-8(9)14-10/h6-7,11,13H,3-5H2,1-2H3. The van der Waals surface area contributed by atoms with Crippen molar-refractivity contribution in [3.05, 3.63) is 15.6 Å². The molecule has 14 heavy (non-hydrogen) atoms. The lowest BCUT2D eigenvalue weighted by Gasteiger charge is -2.19. The fourth-order valence-electron chi connectivity index (χ4n) is 1.68. The molecule has 0 aliphatic carbocycles. The van der Waals surface area contributed by atoms with Gasteiger partial charge in [-0.25, -0.2) is 4.98 Å². The first-order valence-corrected chi connectivity index (χ1v) is 5.85. The average Bonchev–Trinajstić information content (AvgIpc) is 2.60. The molecular formula is C10H16N2OS. The minimum absolute atomic E-state index is 0.196. The number of thiazole rings is 1. The first kappa shape index (κ1) is 10.1. The molecular weight excluding hydrogens is 196 g/mol. The van der Waals surface area contributed by atoms with Crippen molar-refractivity contribution < 1.29 is 5.11 Å². The molecule has 0 saturated carbocycles. The largest absolute Gasteiger partial charge is 0.396 e. The van der Waals surface area contributed by atoms with E-state index in [-0.39, 0.29) is 12.5 Å². The zero-order chi connectivity index (χ0) is 10.1. The maximum atomic E-state index is 9.21. The summed E-state index contributed by atoms with van der Waals surface area (Å²) in [4.78, 5) is 5.93. The predicted molar refractivity (Wildman–Crippen MR) is 57.7 cm³/mol. The maximum absolute atomic E-state index is 9.21. The quantitative estimate of drug-likeness (QED) is 0.780. The van der Waals surface area contributed by atoms with Gasteiger partial charge in [-0.15, -0.1) is 11.3 Å². The number of hydrogen-bond donors (Lipinski definition) is 2. The van der Waals surface area contributed by atoms with Crippen LogP contribution in [-0.2, 0) is 6.54 Å². The molecule has 0 saturated heterocycles. The molecule has 0 fully saturated rings. The molecule has 0 aromatic carbocycles. The van der Waals surface area contributed by atoms with Crippen LogP contribution in [0.25, 0.3) is 0 Å². The lowest BCUT2D eigenvalue weighted by Crippen LogP contribution is -2.29. The van der Waals surface area contributed by atoms with Crippen molar-refractivity contribution in [2.75, 3.05) is 13.2 Å². The van der Waals surface area contributed by atoms with Gasteiger partial charge >= 0.3 is 0 Å². The highest BCUT2D eigenvalue weighted by atomic mass is 32.1. The van der Waals surface area contributed by atoms with Crippen molar-refractivity contribution in [3.8, 4) is 0 Å². The maximum Gasteiger partial charge on any atom is 0.0957 e.